The maximum atomic E-state index is 9.65. The van der Waals surface area contributed by atoms with Gasteiger partial charge in [-0.2, -0.15) is 5.10 Å². The van der Waals surface area contributed by atoms with Crippen molar-refractivity contribution in [3.8, 4) is 11.5 Å². The quantitative estimate of drug-likeness (QED) is 0.793. The number of nitrogens with zero attached hydrogens (tertiary/aromatic N) is 2. The van der Waals surface area contributed by atoms with Crippen LogP contribution in [-0.2, 0) is 13.1 Å². The van der Waals surface area contributed by atoms with Crippen molar-refractivity contribution in [1.29, 1.82) is 0 Å². The Balaban J connectivity index is 0.00000200. The van der Waals surface area contributed by atoms with Crippen LogP contribution in [-0.4, -0.2) is 20.0 Å². The van der Waals surface area contributed by atoms with Crippen LogP contribution in [0.1, 0.15) is 31.1 Å². The molecule has 0 amide bonds. The van der Waals surface area contributed by atoms with Crippen molar-refractivity contribution in [3.05, 3.63) is 41.7 Å². The van der Waals surface area contributed by atoms with Gasteiger partial charge in [-0.3, -0.25) is 4.68 Å². The van der Waals surface area contributed by atoms with Gasteiger partial charge in [0.2, 0.25) is 0 Å². The summed E-state index contributed by atoms with van der Waals surface area (Å²) in [7, 11) is 0. The van der Waals surface area contributed by atoms with Gasteiger partial charge in [0.05, 0.1) is 5.69 Å². The minimum Gasteiger partial charge on any atom is -0.508 e. The molecule has 0 unspecified atom stereocenters. The van der Waals surface area contributed by atoms with E-state index in [-0.39, 0.29) is 23.9 Å². The number of phenols is 2. The van der Waals surface area contributed by atoms with Gasteiger partial charge in [-0.1, -0.05) is 6.07 Å². The van der Waals surface area contributed by atoms with Gasteiger partial charge in [-0.25, -0.2) is 0 Å². The minimum absolute atomic E-state index is 0. The van der Waals surface area contributed by atoms with Gasteiger partial charge in [0.15, 0.2) is 0 Å². The third-order valence-corrected chi connectivity index (χ3v) is 2.88. The first-order valence-corrected chi connectivity index (χ1v) is 6.32. The SMILES string of the molecule is CC(C)n1ccc(CNCc2ccc(O)cc2O)n1.Cl. The van der Waals surface area contributed by atoms with E-state index in [0.717, 1.165) is 11.3 Å². The van der Waals surface area contributed by atoms with Gasteiger partial charge >= 0.3 is 0 Å². The molecule has 0 aliphatic heterocycles. The molecule has 0 atom stereocenters. The Labute approximate surface area is 124 Å². The molecule has 1 aromatic carbocycles. The number of hydrogen-bond donors (Lipinski definition) is 3. The normalized spacial score (nSPS) is 10.6. The molecule has 1 aromatic heterocycles. The first-order valence-electron chi connectivity index (χ1n) is 6.32. The van der Waals surface area contributed by atoms with Crippen molar-refractivity contribution in [2.45, 2.75) is 33.0 Å². The maximum absolute atomic E-state index is 9.65. The summed E-state index contributed by atoms with van der Waals surface area (Å²) < 4.78 is 1.91. The van der Waals surface area contributed by atoms with Gasteiger partial charge in [-0.05, 0) is 26.0 Å². The number of aromatic nitrogens is 2. The summed E-state index contributed by atoms with van der Waals surface area (Å²) in [6.07, 6.45) is 1.96. The highest BCUT2D eigenvalue weighted by molar-refractivity contribution is 5.85. The maximum Gasteiger partial charge on any atom is 0.123 e. The predicted molar refractivity (Wildman–Crippen MR) is 80.2 cm³/mol. The fourth-order valence-corrected chi connectivity index (χ4v) is 1.79. The number of nitrogens with one attached hydrogen (secondary N) is 1. The molecular formula is C14H20ClN3O2. The van der Waals surface area contributed by atoms with Crippen LogP contribution >= 0.6 is 12.4 Å². The van der Waals surface area contributed by atoms with E-state index in [1.165, 1.54) is 6.07 Å². The number of aromatic hydroxyl groups is 2. The molecule has 0 fully saturated rings. The zero-order chi connectivity index (χ0) is 13.8. The Morgan fingerprint density at radius 3 is 2.55 bits per heavy atom. The molecule has 0 aliphatic rings. The molecule has 2 aromatic rings. The molecule has 20 heavy (non-hydrogen) atoms. The molecule has 1 heterocycles. The standard InChI is InChI=1S/C14H19N3O2.ClH/c1-10(2)17-6-5-12(16-17)9-15-8-11-3-4-13(18)7-14(11)19;/h3-7,10,15,18-19H,8-9H2,1-2H3;1H. The van der Waals surface area contributed by atoms with Gasteiger partial charge in [0.1, 0.15) is 11.5 Å². The summed E-state index contributed by atoms with van der Waals surface area (Å²) in [4.78, 5) is 0. The Morgan fingerprint density at radius 2 is 1.95 bits per heavy atom. The molecule has 0 saturated carbocycles. The van der Waals surface area contributed by atoms with Gasteiger partial charge in [0.25, 0.3) is 0 Å². The van der Waals surface area contributed by atoms with Gasteiger partial charge < -0.3 is 15.5 Å². The summed E-state index contributed by atoms with van der Waals surface area (Å²) in [6, 6.07) is 6.93. The Kier molecular flexibility index (Phi) is 5.85. The van der Waals surface area contributed by atoms with E-state index in [1.807, 2.05) is 16.9 Å². The van der Waals surface area contributed by atoms with E-state index in [1.54, 1.807) is 12.1 Å². The van der Waals surface area contributed by atoms with Crippen LogP contribution < -0.4 is 5.32 Å². The lowest BCUT2D eigenvalue weighted by Gasteiger charge is -2.06. The Hall–Kier alpha value is -1.72. The number of benzene rings is 1. The third kappa shape index (κ3) is 4.15. The molecule has 0 radical (unpaired) electrons. The van der Waals surface area contributed by atoms with Crippen LogP contribution in [0.25, 0.3) is 0 Å². The number of rotatable bonds is 5. The topological polar surface area (TPSA) is 70.3 Å². The minimum atomic E-state index is 0. The highest BCUT2D eigenvalue weighted by Crippen LogP contribution is 2.22. The van der Waals surface area contributed by atoms with Crippen LogP contribution in [0.15, 0.2) is 30.5 Å². The average molecular weight is 298 g/mol. The van der Waals surface area contributed by atoms with E-state index in [9.17, 15) is 10.2 Å². The summed E-state index contributed by atoms with van der Waals surface area (Å²) in [5.74, 6) is 0.164. The Morgan fingerprint density at radius 1 is 1.20 bits per heavy atom. The number of phenolic OH excluding ortho intramolecular Hbond substituents is 2. The van der Waals surface area contributed by atoms with E-state index in [2.05, 4.69) is 24.3 Å². The first-order chi connectivity index (χ1) is 9.06. The van der Waals surface area contributed by atoms with E-state index < -0.39 is 0 Å². The lowest BCUT2D eigenvalue weighted by Crippen LogP contribution is -2.13. The van der Waals surface area contributed by atoms with Crippen molar-refractivity contribution in [2.75, 3.05) is 0 Å². The summed E-state index contributed by atoms with van der Waals surface area (Å²) in [6.45, 7) is 5.33. The number of halogens is 1. The second-order valence-electron chi connectivity index (χ2n) is 4.80. The van der Waals surface area contributed by atoms with E-state index in [0.29, 0.717) is 19.1 Å². The Bertz CT molecular complexity index is 555. The van der Waals surface area contributed by atoms with E-state index >= 15 is 0 Å². The van der Waals surface area contributed by atoms with Crippen LogP contribution in [0.4, 0.5) is 0 Å². The van der Waals surface area contributed by atoms with Crippen LogP contribution in [0.3, 0.4) is 0 Å². The summed E-state index contributed by atoms with van der Waals surface area (Å²) in [5.41, 5.74) is 1.72. The van der Waals surface area contributed by atoms with Crippen molar-refractivity contribution >= 4 is 12.4 Å². The van der Waals surface area contributed by atoms with Crippen LogP contribution in [0.2, 0.25) is 0 Å². The summed E-state index contributed by atoms with van der Waals surface area (Å²) in [5, 5.41) is 26.5. The lowest BCUT2D eigenvalue weighted by molar-refractivity contribution is 0.443. The predicted octanol–water partition coefficient (Wildman–Crippen LogP) is 2.59. The van der Waals surface area contributed by atoms with E-state index in [4.69, 9.17) is 0 Å². The molecule has 3 N–H and O–H groups in total. The zero-order valence-electron chi connectivity index (χ0n) is 11.6. The highest BCUT2D eigenvalue weighted by atomic mass is 35.5. The molecule has 0 bridgehead atoms. The molecule has 2 rings (SSSR count). The smallest absolute Gasteiger partial charge is 0.123 e. The molecular weight excluding hydrogens is 278 g/mol. The first kappa shape index (κ1) is 16.3. The van der Waals surface area contributed by atoms with Crippen molar-refractivity contribution in [3.63, 3.8) is 0 Å². The zero-order valence-corrected chi connectivity index (χ0v) is 12.4. The summed E-state index contributed by atoms with van der Waals surface area (Å²) >= 11 is 0. The van der Waals surface area contributed by atoms with Gasteiger partial charge in [0, 0.05) is 37.0 Å². The fraction of sp³-hybridized carbons (Fsp3) is 0.357. The van der Waals surface area contributed by atoms with Crippen molar-refractivity contribution < 1.29 is 10.2 Å². The molecule has 110 valence electrons. The molecule has 0 spiro atoms. The molecule has 5 nitrogen and oxygen atoms in total. The highest BCUT2D eigenvalue weighted by Gasteiger charge is 2.04. The van der Waals surface area contributed by atoms with Crippen molar-refractivity contribution in [2.24, 2.45) is 0 Å². The van der Waals surface area contributed by atoms with Crippen LogP contribution in [0.5, 0.6) is 11.5 Å². The fourth-order valence-electron chi connectivity index (χ4n) is 1.79. The van der Waals surface area contributed by atoms with Crippen molar-refractivity contribution in [1.82, 2.24) is 15.1 Å². The molecule has 0 saturated heterocycles. The second kappa shape index (κ2) is 7.17. The third-order valence-electron chi connectivity index (χ3n) is 2.88. The average Bonchev–Trinajstić information content (AvgIpc) is 2.81. The molecule has 0 aliphatic carbocycles. The van der Waals surface area contributed by atoms with Crippen LogP contribution in [0, 0.1) is 0 Å². The largest absolute Gasteiger partial charge is 0.508 e. The number of hydrogen-bond acceptors (Lipinski definition) is 4. The van der Waals surface area contributed by atoms with Gasteiger partial charge in [-0.15, -0.1) is 12.4 Å². The lowest BCUT2D eigenvalue weighted by atomic mass is 10.2. The second-order valence-corrected chi connectivity index (χ2v) is 4.80. The monoisotopic (exact) mass is 297 g/mol. The molecule has 6 heteroatoms.